The smallest absolute Gasteiger partial charge is 0.254 e. The van der Waals surface area contributed by atoms with Gasteiger partial charge in [0, 0.05) is 70.4 Å². The van der Waals surface area contributed by atoms with Gasteiger partial charge in [-0.3, -0.25) is 9.59 Å². The highest BCUT2D eigenvalue weighted by atomic mass is 16.5. The van der Waals surface area contributed by atoms with Crippen LogP contribution < -0.4 is 14.8 Å². The first-order valence-electron chi connectivity index (χ1n) is 14.1. The quantitative estimate of drug-likeness (QED) is 0.362. The Morgan fingerprint density at radius 2 is 1.71 bits per heavy atom. The van der Waals surface area contributed by atoms with Crippen LogP contribution in [0.15, 0.2) is 18.2 Å². The molecule has 0 unspecified atom stereocenters. The van der Waals surface area contributed by atoms with Gasteiger partial charge in [0.1, 0.15) is 0 Å². The third kappa shape index (κ3) is 8.60. The average Bonchev–Trinajstić information content (AvgIpc) is 3.60. The zero-order chi connectivity index (χ0) is 27.9. The highest BCUT2D eigenvalue weighted by molar-refractivity contribution is 5.95. The molecule has 38 heavy (non-hydrogen) atoms. The van der Waals surface area contributed by atoms with Gasteiger partial charge in [-0.25, -0.2) is 0 Å². The van der Waals surface area contributed by atoms with E-state index in [0.29, 0.717) is 55.2 Å². The first kappa shape index (κ1) is 30.2. The summed E-state index contributed by atoms with van der Waals surface area (Å²) in [5, 5.41) is 3.53. The lowest BCUT2D eigenvalue weighted by Gasteiger charge is -2.34. The molecule has 1 aliphatic heterocycles. The zero-order valence-electron chi connectivity index (χ0n) is 24.5. The number of hydrogen-bond donors (Lipinski definition) is 1. The Labute approximate surface area is 229 Å². The lowest BCUT2D eigenvalue weighted by atomic mass is 9.90. The van der Waals surface area contributed by atoms with Crippen LogP contribution in [0.5, 0.6) is 11.5 Å². The minimum atomic E-state index is -0.0247. The average molecular weight is 532 g/mol. The summed E-state index contributed by atoms with van der Waals surface area (Å²) in [5.74, 6) is 2.03. The van der Waals surface area contributed by atoms with Gasteiger partial charge in [-0.1, -0.05) is 20.8 Å². The van der Waals surface area contributed by atoms with Crippen molar-refractivity contribution in [3.05, 3.63) is 23.8 Å². The van der Waals surface area contributed by atoms with E-state index in [4.69, 9.17) is 14.2 Å². The zero-order valence-corrected chi connectivity index (χ0v) is 24.5. The maximum Gasteiger partial charge on any atom is 0.254 e. The summed E-state index contributed by atoms with van der Waals surface area (Å²) in [5.41, 5.74) is 0.562. The number of ether oxygens (including phenoxy) is 3. The number of benzene rings is 1. The number of carbonyl (C=O) groups is 2. The van der Waals surface area contributed by atoms with Crippen LogP contribution in [0, 0.1) is 17.3 Å². The predicted molar refractivity (Wildman–Crippen MR) is 150 cm³/mol. The van der Waals surface area contributed by atoms with Crippen LogP contribution in [-0.2, 0) is 9.53 Å². The first-order valence-corrected chi connectivity index (χ1v) is 14.1. The summed E-state index contributed by atoms with van der Waals surface area (Å²) in [6, 6.07) is 5.82. The van der Waals surface area contributed by atoms with E-state index in [1.807, 2.05) is 11.0 Å². The lowest BCUT2D eigenvalue weighted by molar-refractivity contribution is -0.134. The number of nitrogens with zero attached hydrogens (tertiary/aromatic N) is 2. The molecule has 1 aromatic rings. The molecule has 8 nitrogen and oxygen atoms in total. The minimum Gasteiger partial charge on any atom is -0.493 e. The second kappa shape index (κ2) is 13.7. The Kier molecular flexibility index (Phi) is 10.9. The Hall–Kier alpha value is -2.32. The van der Waals surface area contributed by atoms with Crippen LogP contribution in [0.25, 0.3) is 0 Å². The topological polar surface area (TPSA) is 80.3 Å². The molecule has 0 aromatic heterocycles. The molecule has 2 aliphatic rings. The number of methoxy groups -OCH3 is 2. The summed E-state index contributed by atoms with van der Waals surface area (Å²) in [6.07, 6.45) is 3.52. The van der Waals surface area contributed by atoms with Crippen molar-refractivity contribution in [3.63, 3.8) is 0 Å². The van der Waals surface area contributed by atoms with E-state index in [9.17, 15) is 9.59 Å². The Morgan fingerprint density at radius 1 is 1.03 bits per heavy atom. The molecule has 0 bridgehead atoms. The Bertz CT molecular complexity index is 925. The molecule has 1 aromatic carbocycles. The van der Waals surface area contributed by atoms with Crippen molar-refractivity contribution in [2.24, 2.45) is 17.3 Å². The molecular weight excluding hydrogens is 482 g/mol. The standard InChI is InChI=1S/C30H49N3O5/c1-21(2)32(29(35)22-9-12-26(37-7)27(15-22)38-14-8-13-36-6)19-23-17-31-18-24(23)20-33(25-10-11-25)28(34)16-30(3,4)5/h9,12,15,21,23-25,31H,8,10-11,13-14,16-20H2,1-7H3/t23-,24-/m0/s1. The van der Waals surface area contributed by atoms with Gasteiger partial charge in [0.15, 0.2) is 11.5 Å². The van der Waals surface area contributed by atoms with E-state index in [-0.39, 0.29) is 29.2 Å². The van der Waals surface area contributed by atoms with Gasteiger partial charge in [-0.05, 0) is 62.1 Å². The summed E-state index contributed by atoms with van der Waals surface area (Å²) in [6.45, 7) is 14.7. The highest BCUT2D eigenvalue weighted by Gasteiger charge is 2.39. The Balaban J connectivity index is 1.70. The van der Waals surface area contributed by atoms with Crippen molar-refractivity contribution in [3.8, 4) is 11.5 Å². The van der Waals surface area contributed by atoms with E-state index < -0.39 is 0 Å². The fourth-order valence-corrected chi connectivity index (χ4v) is 5.12. The summed E-state index contributed by atoms with van der Waals surface area (Å²) < 4.78 is 16.5. The van der Waals surface area contributed by atoms with Crippen molar-refractivity contribution in [1.29, 1.82) is 0 Å². The maximum atomic E-state index is 13.7. The molecule has 0 radical (unpaired) electrons. The van der Waals surface area contributed by atoms with Crippen molar-refractivity contribution in [2.45, 2.75) is 72.4 Å². The van der Waals surface area contributed by atoms with Crippen molar-refractivity contribution in [2.75, 3.05) is 53.6 Å². The van der Waals surface area contributed by atoms with E-state index in [1.54, 1.807) is 26.4 Å². The van der Waals surface area contributed by atoms with Gasteiger partial charge < -0.3 is 29.3 Å². The number of hydrogen-bond acceptors (Lipinski definition) is 6. The van der Waals surface area contributed by atoms with E-state index >= 15 is 0 Å². The van der Waals surface area contributed by atoms with Gasteiger partial charge >= 0.3 is 0 Å². The number of carbonyl (C=O) groups excluding carboxylic acids is 2. The van der Waals surface area contributed by atoms with E-state index in [0.717, 1.165) is 38.9 Å². The van der Waals surface area contributed by atoms with Crippen molar-refractivity contribution in [1.82, 2.24) is 15.1 Å². The SMILES string of the molecule is COCCCOc1cc(C(=O)N(C[C@@H]2CNC[C@H]2CN(C(=O)CC(C)(C)C)C2CC2)C(C)C)ccc1OC. The molecule has 2 atom stereocenters. The molecule has 0 spiro atoms. The molecule has 1 saturated heterocycles. The largest absolute Gasteiger partial charge is 0.493 e. The van der Waals surface area contributed by atoms with Crippen LogP contribution in [-0.4, -0.2) is 87.3 Å². The van der Waals surface area contributed by atoms with E-state index in [1.165, 1.54) is 0 Å². The van der Waals surface area contributed by atoms with Crippen molar-refractivity contribution < 1.29 is 23.8 Å². The summed E-state index contributed by atoms with van der Waals surface area (Å²) in [4.78, 5) is 31.0. The molecule has 2 amide bonds. The molecular formula is C30H49N3O5. The van der Waals surface area contributed by atoms with Crippen LogP contribution >= 0.6 is 0 Å². The summed E-state index contributed by atoms with van der Waals surface area (Å²) >= 11 is 0. The number of rotatable bonds is 14. The molecule has 1 N–H and O–H groups in total. The second-order valence-corrected chi connectivity index (χ2v) is 12.3. The molecule has 1 heterocycles. The molecule has 8 heteroatoms. The van der Waals surface area contributed by atoms with Crippen LogP contribution in [0.3, 0.4) is 0 Å². The Morgan fingerprint density at radius 3 is 2.29 bits per heavy atom. The monoisotopic (exact) mass is 531 g/mol. The van der Waals surface area contributed by atoms with Gasteiger partial charge in [-0.15, -0.1) is 0 Å². The fraction of sp³-hybridized carbons (Fsp3) is 0.733. The van der Waals surface area contributed by atoms with Crippen LogP contribution in [0.4, 0.5) is 0 Å². The summed E-state index contributed by atoms with van der Waals surface area (Å²) in [7, 11) is 3.27. The molecule has 1 saturated carbocycles. The van der Waals surface area contributed by atoms with Crippen LogP contribution in [0.2, 0.25) is 0 Å². The first-order chi connectivity index (χ1) is 18.0. The molecule has 3 rings (SSSR count). The van der Waals surface area contributed by atoms with E-state index in [2.05, 4.69) is 44.8 Å². The normalized spacial score (nSPS) is 19.5. The van der Waals surface area contributed by atoms with Crippen LogP contribution in [0.1, 0.15) is 70.7 Å². The number of nitrogens with one attached hydrogen (secondary N) is 1. The maximum absolute atomic E-state index is 13.7. The third-order valence-corrected chi connectivity index (χ3v) is 7.38. The predicted octanol–water partition coefficient (Wildman–Crippen LogP) is 4.22. The molecule has 214 valence electrons. The van der Waals surface area contributed by atoms with Gasteiger partial charge in [0.2, 0.25) is 5.91 Å². The highest BCUT2D eigenvalue weighted by Crippen LogP contribution is 2.33. The third-order valence-electron chi connectivity index (χ3n) is 7.38. The molecule has 2 fully saturated rings. The molecule has 1 aliphatic carbocycles. The minimum absolute atomic E-state index is 0.0158. The lowest BCUT2D eigenvalue weighted by Crippen LogP contribution is -2.45. The van der Waals surface area contributed by atoms with Gasteiger partial charge in [-0.2, -0.15) is 0 Å². The van der Waals surface area contributed by atoms with Gasteiger partial charge in [0.05, 0.1) is 13.7 Å². The van der Waals surface area contributed by atoms with Crippen molar-refractivity contribution >= 4 is 11.8 Å². The fourth-order valence-electron chi connectivity index (χ4n) is 5.12. The number of amides is 2. The second-order valence-electron chi connectivity index (χ2n) is 12.3. The van der Waals surface area contributed by atoms with Gasteiger partial charge in [0.25, 0.3) is 5.91 Å².